The van der Waals surface area contributed by atoms with E-state index in [4.69, 9.17) is 31.5 Å². The third-order valence-electron chi connectivity index (χ3n) is 3.00. The largest absolute Gasteiger partial charge is 0.496 e. The number of rotatable bonds is 4. The summed E-state index contributed by atoms with van der Waals surface area (Å²) in [6, 6.07) is 8.87. The molecule has 0 radical (unpaired) electrons. The van der Waals surface area contributed by atoms with Gasteiger partial charge in [-0.25, -0.2) is 0 Å². The third kappa shape index (κ3) is 2.60. The number of benzene rings is 2. The molecule has 106 valence electrons. The highest BCUT2D eigenvalue weighted by Crippen LogP contribution is 2.44. The minimum absolute atomic E-state index is 0.555. The summed E-state index contributed by atoms with van der Waals surface area (Å²) in [5.74, 6) is 1.89. The molecule has 0 unspecified atom stereocenters. The van der Waals surface area contributed by atoms with Crippen molar-refractivity contribution in [3.05, 3.63) is 35.4 Å². The molecule has 0 heterocycles. The number of anilines is 1. The summed E-state index contributed by atoms with van der Waals surface area (Å²) in [7, 11) is 4.76. The third-order valence-corrected chi connectivity index (χ3v) is 3.23. The van der Waals surface area contributed by atoms with Crippen molar-refractivity contribution in [3.8, 4) is 28.4 Å². The van der Waals surface area contributed by atoms with Gasteiger partial charge in [-0.15, -0.1) is 0 Å². The molecule has 2 aromatic carbocycles. The molecule has 2 N–H and O–H groups in total. The molecule has 0 aliphatic carbocycles. The van der Waals surface area contributed by atoms with Crippen LogP contribution in [0.4, 0.5) is 5.69 Å². The van der Waals surface area contributed by atoms with Crippen molar-refractivity contribution in [2.45, 2.75) is 0 Å². The van der Waals surface area contributed by atoms with Gasteiger partial charge in [-0.1, -0.05) is 17.7 Å². The van der Waals surface area contributed by atoms with E-state index in [-0.39, 0.29) is 0 Å². The highest BCUT2D eigenvalue weighted by Gasteiger charge is 2.17. The van der Waals surface area contributed by atoms with Crippen LogP contribution in [0.2, 0.25) is 5.02 Å². The van der Waals surface area contributed by atoms with Crippen LogP contribution in [-0.4, -0.2) is 21.3 Å². The lowest BCUT2D eigenvalue weighted by Crippen LogP contribution is -1.97. The van der Waals surface area contributed by atoms with Crippen LogP contribution in [-0.2, 0) is 0 Å². The summed E-state index contributed by atoms with van der Waals surface area (Å²) < 4.78 is 16.1. The molecule has 0 amide bonds. The molecule has 0 saturated heterocycles. The van der Waals surface area contributed by atoms with Gasteiger partial charge < -0.3 is 19.9 Å². The van der Waals surface area contributed by atoms with E-state index in [9.17, 15) is 0 Å². The molecule has 0 aromatic heterocycles. The highest BCUT2D eigenvalue weighted by molar-refractivity contribution is 6.31. The van der Waals surface area contributed by atoms with Crippen LogP contribution < -0.4 is 19.9 Å². The second kappa shape index (κ2) is 5.92. The molecule has 5 heteroatoms. The molecular formula is C15H16ClNO3. The maximum absolute atomic E-state index is 6.04. The Morgan fingerprint density at radius 2 is 1.50 bits per heavy atom. The second-order valence-corrected chi connectivity index (χ2v) is 4.57. The summed E-state index contributed by atoms with van der Waals surface area (Å²) in [5.41, 5.74) is 8.16. The predicted molar refractivity (Wildman–Crippen MR) is 81.0 cm³/mol. The second-order valence-electron chi connectivity index (χ2n) is 4.14. The molecule has 2 aromatic rings. The van der Waals surface area contributed by atoms with E-state index < -0.39 is 0 Å². The van der Waals surface area contributed by atoms with Gasteiger partial charge in [-0.2, -0.15) is 0 Å². The number of nitrogen functional groups attached to an aromatic ring is 1. The Morgan fingerprint density at radius 1 is 0.900 bits per heavy atom. The van der Waals surface area contributed by atoms with Crippen molar-refractivity contribution in [2.75, 3.05) is 27.1 Å². The highest BCUT2D eigenvalue weighted by atomic mass is 35.5. The molecule has 0 bridgehead atoms. The first-order valence-corrected chi connectivity index (χ1v) is 6.34. The fourth-order valence-electron chi connectivity index (χ4n) is 2.03. The van der Waals surface area contributed by atoms with E-state index in [1.807, 2.05) is 6.07 Å². The number of nitrogens with two attached hydrogens (primary N) is 1. The molecule has 0 aliphatic heterocycles. The topological polar surface area (TPSA) is 53.7 Å². The Kier molecular flexibility index (Phi) is 4.25. The van der Waals surface area contributed by atoms with E-state index in [1.54, 1.807) is 45.6 Å². The van der Waals surface area contributed by atoms with Crippen molar-refractivity contribution in [1.82, 2.24) is 0 Å². The Hall–Kier alpha value is -2.07. The fraction of sp³-hybridized carbons (Fsp3) is 0.200. The minimum atomic E-state index is 0.555. The summed E-state index contributed by atoms with van der Waals surface area (Å²) in [4.78, 5) is 0. The minimum Gasteiger partial charge on any atom is -0.496 e. The van der Waals surface area contributed by atoms with Crippen molar-refractivity contribution in [2.24, 2.45) is 0 Å². The Balaban J connectivity index is 2.71. The zero-order valence-corrected chi connectivity index (χ0v) is 12.3. The van der Waals surface area contributed by atoms with Crippen molar-refractivity contribution in [3.63, 3.8) is 0 Å². The summed E-state index contributed by atoms with van der Waals surface area (Å²) in [6.07, 6.45) is 0. The maximum Gasteiger partial charge on any atom is 0.134 e. The summed E-state index contributed by atoms with van der Waals surface area (Å²) >= 11 is 5.94. The van der Waals surface area contributed by atoms with Crippen LogP contribution in [0.25, 0.3) is 11.1 Å². The summed E-state index contributed by atoms with van der Waals surface area (Å²) in [5, 5.41) is 0.581. The number of hydrogen-bond acceptors (Lipinski definition) is 4. The molecule has 20 heavy (non-hydrogen) atoms. The molecule has 4 nitrogen and oxygen atoms in total. The maximum atomic E-state index is 6.04. The average molecular weight is 294 g/mol. The van der Waals surface area contributed by atoms with Crippen LogP contribution in [0.1, 0.15) is 0 Å². The van der Waals surface area contributed by atoms with E-state index in [0.29, 0.717) is 28.0 Å². The molecule has 0 spiro atoms. The molecule has 0 aliphatic rings. The van der Waals surface area contributed by atoms with Crippen LogP contribution in [0, 0.1) is 0 Å². The lowest BCUT2D eigenvalue weighted by atomic mass is 10.0. The number of methoxy groups -OCH3 is 3. The number of halogens is 1. The lowest BCUT2D eigenvalue weighted by Gasteiger charge is -2.16. The number of ether oxygens (including phenoxy) is 3. The monoisotopic (exact) mass is 293 g/mol. The Labute approximate surface area is 123 Å². The molecular weight excluding hydrogens is 278 g/mol. The SMILES string of the molecule is COc1cc(OC)c(-c2ccc(Cl)cc2N)c(OC)c1. The van der Waals surface area contributed by atoms with E-state index >= 15 is 0 Å². The lowest BCUT2D eigenvalue weighted by molar-refractivity contribution is 0.377. The standard InChI is InChI=1S/C15H16ClNO3/c1-18-10-7-13(19-2)15(14(8-10)20-3)11-5-4-9(16)6-12(11)17/h4-8H,17H2,1-3H3. The van der Waals surface area contributed by atoms with Gasteiger partial charge in [0.2, 0.25) is 0 Å². The van der Waals surface area contributed by atoms with Gasteiger partial charge in [-0.05, 0) is 12.1 Å². The van der Waals surface area contributed by atoms with Gasteiger partial charge >= 0.3 is 0 Å². The molecule has 0 fully saturated rings. The smallest absolute Gasteiger partial charge is 0.134 e. The molecule has 0 saturated carbocycles. The van der Waals surface area contributed by atoms with Gasteiger partial charge in [0.05, 0.1) is 26.9 Å². The first-order valence-electron chi connectivity index (χ1n) is 5.96. The Bertz CT molecular complexity index is 604. The zero-order chi connectivity index (χ0) is 14.7. The van der Waals surface area contributed by atoms with Crippen molar-refractivity contribution < 1.29 is 14.2 Å². The molecule has 2 rings (SSSR count). The normalized spacial score (nSPS) is 10.2. The Morgan fingerprint density at radius 3 is 1.95 bits per heavy atom. The summed E-state index contributed by atoms with van der Waals surface area (Å²) in [6.45, 7) is 0. The first kappa shape index (κ1) is 14.3. The van der Waals surface area contributed by atoms with E-state index in [2.05, 4.69) is 0 Å². The van der Waals surface area contributed by atoms with Gasteiger partial charge in [0.25, 0.3) is 0 Å². The van der Waals surface area contributed by atoms with Crippen LogP contribution in [0.5, 0.6) is 17.2 Å². The van der Waals surface area contributed by atoms with Gasteiger partial charge in [-0.3, -0.25) is 0 Å². The van der Waals surface area contributed by atoms with Crippen LogP contribution in [0.3, 0.4) is 0 Å². The van der Waals surface area contributed by atoms with Crippen molar-refractivity contribution >= 4 is 17.3 Å². The first-order chi connectivity index (χ1) is 9.60. The van der Waals surface area contributed by atoms with E-state index in [1.165, 1.54) is 0 Å². The zero-order valence-electron chi connectivity index (χ0n) is 11.6. The number of hydrogen-bond donors (Lipinski definition) is 1. The van der Waals surface area contributed by atoms with Crippen LogP contribution in [0.15, 0.2) is 30.3 Å². The van der Waals surface area contributed by atoms with E-state index in [0.717, 1.165) is 11.1 Å². The fourth-order valence-corrected chi connectivity index (χ4v) is 2.21. The van der Waals surface area contributed by atoms with Gasteiger partial charge in [0, 0.05) is 28.4 Å². The quantitative estimate of drug-likeness (QED) is 0.875. The predicted octanol–water partition coefficient (Wildman–Crippen LogP) is 3.62. The average Bonchev–Trinajstić information content (AvgIpc) is 2.46. The van der Waals surface area contributed by atoms with Crippen LogP contribution >= 0.6 is 11.6 Å². The molecule has 0 atom stereocenters. The van der Waals surface area contributed by atoms with Gasteiger partial charge in [0.15, 0.2) is 0 Å². The van der Waals surface area contributed by atoms with Gasteiger partial charge in [0.1, 0.15) is 17.2 Å². The van der Waals surface area contributed by atoms with Crippen molar-refractivity contribution in [1.29, 1.82) is 0 Å².